The van der Waals surface area contributed by atoms with Crippen LogP contribution >= 0.6 is 11.6 Å². The zero-order chi connectivity index (χ0) is 18.1. The lowest BCUT2D eigenvalue weighted by atomic mass is 10.1. The number of ether oxygens (including phenoxy) is 1. The highest BCUT2D eigenvalue weighted by Crippen LogP contribution is 2.34. The topological polar surface area (TPSA) is 67.3 Å². The van der Waals surface area contributed by atoms with Crippen molar-refractivity contribution in [3.8, 4) is 5.75 Å². The Morgan fingerprint density at radius 3 is 3.15 bits per heavy atom. The molecule has 1 fully saturated rings. The van der Waals surface area contributed by atoms with E-state index in [-0.39, 0.29) is 11.9 Å². The second-order valence-corrected chi connectivity index (χ2v) is 7.06. The Balaban J connectivity index is 1.65. The highest BCUT2D eigenvalue weighted by molar-refractivity contribution is 6.31. The second-order valence-electron chi connectivity index (χ2n) is 6.63. The number of hydrogen-bond acceptors (Lipinski definition) is 5. The first-order valence-electron chi connectivity index (χ1n) is 8.87. The van der Waals surface area contributed by atoms with Gasteiger partial charge >= 0.3 is 0 Å². The summed E-state index contributed by atoms with van der Waals surface area (Å²) in [6.07, 6.45) is 4.59. The molecule has 0 saturated carbocycles. The van der Waals surface area contributed by atoms with E-state index in [0.717, 1.165) is 49.4 Å². The molecular weight excluding hydrogens is 352 g/mol. The lowest BCUT2D eigenvalue weighted by Crippen LogP contribution is -2.32. The molecule has 1 N–H and O–H groups in total. The molecule has 0 radical (unpaired) electrons. The van der Waals surface area contributed by atoms with Gasteiger partial charge in [0.2, 0.25) is 0 Å². The van der Waals surface area contributed by atoms with Crippen LogP contribution in [0.1, 0.15) is 46.3 Å². The number of hydrogen-bond donors (Lipinski definition) is 1. The first-order chi connectivity index (χ1) is 12.7. The van der Waals surface area contributed by atoms with Crippen LogP contribution in [0.25, 0.3) is 0 Å². The first-order valence-corrected chi connectivity index (χ1v) is 9.25. The molecule has 2 aliphatic heterocycles. The van der Waals surface area contributed by atoms with E-state index in [4.69, 9.17) is 21.3 Å². The Morgan fingerprint density at radius 1 is 1.42 bits per heavy atom. The highest BCUT2D eigenvalue weighted by Gasteiger charge is 2.34. The summed E-state index contributed by atoms with van der Waals surface area (Å²) >= 11 is 6.10. The molecule has 1 atom stereocenters. The summed E-state index contributed by atoms with van der Waals surface area (Å²) in [5.41, 5.74) is 2.72. The number of methoxy groups -OCH3 is 1. The number of nitrogens with one attached hydrogen (secondary N) is 1. The van der Waals surface area contributed by atoms with Crippen LogP contribution in [-0.4, -0.2) is 41.0 Å². The minimum atomic E-state index is -0.105. The van der Waals surface area contributed by atoms with Crippen molar-refractivity contribution in [2.24, 2.45) is 0 Å². The third-order valence-corrected chi connectivity index (χ3v) is 5.27. The van der Waals surface area contributed by atoms with Crippen molar-refractivity contribution in [3.05, 3.63) is 52.1 Å². The number of nitrogens with zero attached hydrogens (tertiary/aromatic N) is 3. The average molecular weight is 373 g/mol. The Labute approximate surface area is 157 Å². The molecule has 0 aliphatic carbocycles. The highest BCUT2D eigenvalue weighted by atomic mass is 35.5. The van der Waals surface area contributed by atoms with Gasteiger partial charge in [-0.1, -0.05) is 11.6 Å². The predicted octanol–water partition coefficient (Wildman–Crippen LogP) is 2.76. The molecule has 0 bridgehead atoms. The number of benzene rings is 1. The molecule has 1 unspecified atom stereocenters. The summed E-state index contributed by atoms with van der Waals surface area (Å²) in [6.45, 7) is 2.42. The van der Waals surface area contributed by atoms with Crippen LogP contribution in [0, 0.1) is 0 Å². The number of carbonyl (C=O) groups is 1. The molecule has 4 rings (SSSR count). The molecule has 2 aliphatic rings. The van der Waals surface area contributed by atoms with E-state index < -0.39 is 0 Å². The lowest BCUT2D eigenvalue weighted by Gasteiger charge is -2.25. The summed E-state index contributed by atoms with van der Waals surface area (Å²) in [4.78, 5) is 24.4. The van der Waals surface area contributed by atoms with E-state index in [1.165, 1.54) is 0 Å². The molecule has 1 aromatic heterocycles. The van der Waals surface area contributed by atoms with Crippen molar-refractivity contribution in [3.63, 3.8) is 0 Å². The molecule has 7 heteroatoms. The van der Waals surface area contributed by atoms with Crippen molar-refractivity contribution in [2.75, 3.05) is 20.2 Å². The van der Waals surface area contributed by atoms with Crippen LogP contribution in [0.3, 0.4) is 0 Å². The van der Waals surface area contributed by atoms with E-state index in [9.17, 15) is 4.79 Å². The number of likely N-dealkylation sites (tertiary alicyclic amines) is 1. The largest absolute Gasteiger partial charge is 0.496 e. The lowest BCUT2D eigenvalue weighted by molar-refractivity contribution is 0.0726. The molecule has 26 heavy (non-hydrogen) atoms. The van der Waals surface area contributed by atoms with Gasteiger partial charge in [-0.15, -0.1) is 0 Å². The summed E-state index contributed by atoms with van der Waals surface area (Å²) in [5.74, 6) is 1.18. The van der Waals surface area contributed by atoms with Gasteiger partial charge in [-0.2, -0.15) is 0 Å². The number of rotatable bonds is 3. The minimum Gasteiger partial charge on any atom is -0.496 e. The van der Waals surface area contributed by atoms with Crippen LogP contribution in [0.2, 0.25) is 5.02 Å². The first kappa shape index (κ1) is 17.2. The van der Waals surface area contributed by atoms with Crippen molar-refractivity contribution >= 4 is 17.5 Å². The number of amides is 1. The van der Waals surface area contributed by atoms with Gasteiger partial charge in [0.05, 0.1) is 18.7 Å². The van der Waals surface area contributed by atoms with Gasteiger partial charge in [0, 0.05) is 48.5 Å². The minimum absolute atomic E-state index is 0.0881. The Bertz CT molecular complexity index is 842. The maximum absolute atomic E-state index is 13.2. The maximum Gasteiger partial charge on any atom is 0.258 e. The Hall–Kier alpha value is -2.18. The van der Waals surface area contributed by atoms with E-state index in [1.54, 1.807) is 25.3 Å². The molecule has 6 nitrogen and oxygen atoms in total. The van der Waals surface area contributed by atoms with Gasteiger partial charge in [0.1, 0.15) is 5.75 Å². The van der Waals surface area contributed by atoms with E-state index in [1.807, 2.05) is 11.1 Å². The van der Waals surface area contributed by atoms with Gasteiger partial charge in [-0.3, -0.25) is 4.79 Å². The van der Waals surface area contributed by atoms with Gasteiger partial charge in [-0.05, 0) is 31.0 Å². The van der Waals surface area contributed by atoms with Crippen LogP contribution in [0.15, 0.2) is 24.4 Å². The summed E-state index contributed by atoms with van der Waals surface area (Å²) in [5, 5.41) is 3.84. The third-order valence-electron chi connectivity index (χ3n) is 5.03. The number of fused-ring (bicyclic) bond motifs is 1. The molecule has 1 aromatic carbocycles. The molecular formula is C19H21ClN4O2. The zero-order valence-corrected chi connectivity index (χ0v) is 15.4. The molecule has 1 saturated heterocycles. The van der Waals surface area contributed by atoms with Crippen molar-refractivity contribution in [1.82, 2.24) is 20.2 Å². The standard InChI is InChI=1S/C19H21ClN4O2/c1-26-17-5-4-13(20)9-14(17)19(25)24-8-2-3-16(24)18-22-11-12-10-21-7-6-15(12)23-18/h4-5,9,11,16,21H,2-3,6-8,10H2,1H3. The fourth-order valence-corrected chi connectivity index (χ4v) is 3.86. The Morgan fingerprint density at radius 2 is 2.31 bits per heavy atom. The van der Waals surface area contributed by atoms with Gasteiger partial charge in [0.25, 0.3) is 5.91 Å². The van der Waals surface area contributed by atoms with Crippen LogP contribution < -0.4 is 10.1 Å². The summed E-state index contributed by atoms with van der Waals surface area (Å²) in [7, 11) is 1.56. The number of carbonyl (C=O) groups excluding carboxylic acids is 1. The van der Waals surface area contributed by atoms with Gasteiger partial charge in [-0.25, -0.2) is 9.97 Å². The van der Waals surface area contributed by atoms with Crippen molar-refractivity contribution in [2.45, 2.75) is 31.8 Å². The van der Waals surface area contributed by atoms with Crippen LogP contribution in [-0.2, 0) is 13.0 Å². The number of aromatic nitrogens is 2. The van der Waals surface area contributed by atoms with Crippen LogP contribution in [0.4, 0.5) is 0 Å². The average Bonchev–Trinajstić information content (AvgIpc) is 3.16. The summed E-state index contributed by atoms with van der Waals surface area (Å²) < 4.78 is 5.35. The zero-order valence-electron chi connectivity index (χ0n) is 14.7. The molecule has 136 valence electrons. The van der Waals surface area contributed by atoms with Crippen molar-refractivity contribution < 1.29 is 9.53 Å². The number of halogens is 1. The van der Waals surface area contributed by atoms with E-state index >= 15 is 0 Å². The van der Waals surface area contributed by atoms with Crippen molar-refractivity contribution in [1.29, 1.82) is 0 Å². The maximum atomic E-state index is 13.2. The quantitative estimate of drug-likeness (QED) is 0.897. The smallest absolute Gasteiger partial charge is 0.258 e. The van der Waals surface area contributed by atoms with E-state index in [0.29, 0.717) is 22.9 Å². The SMILES string of the molecule is COc1ccc(Cl)cc1C(=O)N1CCCC1c1ncc2c(n1)CCNC2. The van der Waals surface area contributed by atoms with Crippen LogP contribution in [0.5, 0.6) is 5.75 Å². The molecule has 2 aromatic rings. The molecule has 3 heterocycles. The predicted molar refractivity (Wildman–Crippen MR) is 98.5 cm³/mol. The Kier molecular flexibility index (Phi) is 4.78. The normalized spacial score (nSPS) is 19.3. The second kappa shape index (κ2) is 7.21. The fourth-order valence-electron chi connectivity index (χ4n) is 3.69. The molecule has 0 spiro atoms. The van der Waals surface area contributed by atoms with Gasteiger partial charge < -0.3 is 15.0 Å². The monoisotopic (exact) mass is 372 g/mol. The van der Waals surface area contributed by atoms with E-state index in [2.05, 4.69) is 10.3 Å². The van der Waals surface area contributed by atoms with Gasteiger partial charge in [0.15, 0.2) is 5.82 Å². The molecule has 1 amide bonds. The fraction of sp³-hybridized carbons (Fsp3) is 0.421. The third kappa shape index (κ3) is 3.15. The summed E-state index contributed by atoms with van der Waals surface area (Å²) in [6, 6.07) is 5.01.